The van der Waals surface area contributed by atoms with Crippen LogP contribution in [0.4, 0.5) is 4.39 Å². The Morgan fingerprint density at radius 1 is 1.09 bits per heavy atom. The van der Waals surface area contributed by atoms with Crippen molar-refractivity contribution in [3.05, 3.63) is 77.9 Å². The van der Waals surface area contributed by atoms with Gasteiger partial charge in [0.25, 0.3) is 5.91 Å². The van der Waals surface area contributed by atoms with Gasteiger partial charge in [-0.05, 0) is 43.7 Å². The van der Waals surface area contributed by atoms with Gasteiger partial charge in [-0.25, -0.2) is 27.5 Å². The zero-order valence-electron chi connectivity index (χ0n) is 17.5. The second kappa shape index (κ2) is 9.51. The summed E-state index contributed by atoms with van der Waals surface area (Å²) in [7, 11) is -3.85. The topological polar surface area (TPSA) is 121 Å². The van der Waals surface area contributed by atoms with Crippen LogP contribution < -0.4 is 10.0 Å². The minimum atomic E-state index is -3.85. The number of rotatable bonds is 8. The molecule has 0 aliphatic rings. The van der Waals surface area contributed by atoms with Gasteiger partial charge in [0.2, 0.25) is 10.0 Å². The number of aromatic nitrogens is 2. The first-order valence-corrected chi connectivity index (χ1v) is 11.2. The maximum absolute atomic E-state index is 13.4. The highest BCUT2D eigenvalue weighted by Gasteiger charge is 2.25. The van der Waals surface area contributed by atoms with Crippen molar-refractivity contribution < 1.29 is 22.7 Å². The normalized spacial score (nSPS) is 11.9. The zero-order chi connectivity index (χ0) is 23.4. The average molecular weight is 459 g/mol. The highest BCUT2D eigenvalue weighted by molar-refractivity contribution is 7.89. The van der Waals surface area contributed by atoms with Crippen LogP contribution in [0.1, 0.15) is 29.8 Å². The summed E-state index contributed by atoms with van der Waals surface area (Å²) in [6, 6.07) is 11.9. The summed E-state index contributed by atoms with van der Waals surface area (Å²) in [5.74, 6) is -0.562. The van der Waals surface area contributed by atoms with E-state index in [4.69, 9.17) is 0 Å². The summed E-state index contributed by atoms with van der Waals surface area (Å²) in [5.41, 5.74) is 0.259. The molecule has 10 heteroatoms. The van der Waals surface area contributed by atoms with Gasteiger partial charge in [-0.1, -0.05) is 24.3 Å². The van der Waals surface area contributed by atoms with Crippen LogP contribution in [0.5, 0.6) is 0 Å². The standard InChI is InChI=1S/C22H23FN4O4S/c1-22(2,14-28)27-32(30,31)19-8-3-5-15(9-19)11-26-21(29)17-12-24-20(25-13-17)16-6-4-7-18(23)10-16/h3-10,12-13,27-28H,11,14H2,1-2H3,(H,26,29). The quantitative estimate of drug-likeness (QED) is 0.476. The third-order valence-electron chi connectivity index (χ3n) is 4.46. The zero-order valence-corrected chi connectivity index (χ0v) is 18.4. The molecule has 0 fully saturated rings. The molecule has 1 aromatic heterocycles. The smallest absolute Gasteiger partial charge is 0.254 e. The number of sulfonamides is 1. The number of nitrogens with zero attached hydrogens (tertiary/aromatic N) is 2. The number of aliphatic hydroxyl groups excluding tert-OH is 1. The summed E-state index contributed by atoms with van der Waals surface area (Å²) in [4.78, 5) is 20.7. The Labute approximate surface area is 185 Å². The lowest BCUT2D eigenvalue weighted by Gasteiger charge is -2.23. The highest BCUT2D eigenvalue weighted by atomic mass is 32.2. The van der Waals surface area contributed by atoms with Crippen LogP contribution in [0.2, 0.25) is 0 Å². The van der Waals surface area contributed by atoms with Crippen molar-refractivity contribution in [1.82, 2.24) is 20.0 Å². The molecule has 3 aromatic rings. The van der Waals surface area contributed by atoms with Crippen LogP contribution in [0, 0.1) is 5.82 Å². The lowest BCUT2D eigenvalue weighted by molar-refractivity contribution is 0.0950. The van der Waals surface area contributed by atoms with Crippen LogP contribution in [-0.4, -0.2) is 41.5 Å². The molecule has 0 saturated carbocycles. The number of amides is 1. The molecule has 0 unspecified atom stereocenters. The van der Waals surface area contributed by atoms with Gasteiger partial charge in [0.15, 0.2) is 5.82 Å². The predicted molar refractivity (Wildman–Crippen MR) is 117 cm³/mol. The summed E-state index contributed by atoms with van der Waals surface area (Å²) in [6.07, 6.45) is 2.68. The van der Waals surface area contributed by atoms with E-state index in [0.717, 1.165) is 0 Å². The van der Waals surface area contributed by atoms with Gasteiger partial charge < -0.3 is 10.4 Å². The molecule has 0 aliphatic carbocycles. The van der Waals surface area contributed by atoms with E-state index in [-0.39, 0.29) is 29.4 Å². The van der Waals surface area contributed by atoms with Crippen molar-refractivity contribution in [3.63, 3.8) is 0 Å². The second-order valence-corrected chi connectivity index (χ2v) is 9.47. The number of halogens is 1. The van der Waals surface area contributed by atoms with Gasteiger partial charge in [0.1, 0.15) is 5.82 Å². The fourth-order valence-corrected chi connectivity index (χ4v) is 4.26. The minimum absolute atomic E-state index is 0.0218. The van der Waals surface area contributed by atoms with Crippen molar-refractivity contribution >= 4 is 15.9 Å². The molecule has 1 heterocycles. The summed E-state index contributed by atoms with van der Waals surface area (Å²) in [6.45, 7) is 2.85. The number of carbonyl (C=O) groups is 1. The minimum Gasteiger partial charge on any atom is -0.394 e. The molecule has 0 bridgehead atoms. The van der Waals surface area contributed by atoms with Crippen LogP contribution in [0.15, 0.2) is 65.8 Å². The first kappa shape index (κ1) is 23.5. The van der Waals surface area contributed by atoms with E-state index in [1.54, 1.807) is 38.1 Å². The average Bonchev–Trinajstić information content (AvgIpc) is 2.77. The number of hydrogen-bond acceptors (Lipinski definition) is 6. The lowest BCUT2D eigenvalue weighted by atomic mass is 10.1. The Morgan fingerprint density at radius 2 is 1.78 bits per heavy atom. The molecule has 168 valence electrons. The molecular formula is C22H23FN4O4S. The Morgan fingerprint density at radius 3 is 2.44 bits per heavy atom. The largest absolute Gasteiger partial charge is 0.394 e. The lowest BCUT2D eigenvalue weighted by Crippen LogP contribution is -2.46. The van der Waals surface area contributed by atoms with Crippen LogP contribution in [-0.2, 0) is 16.6 Å². The molecule has 2 aromatic carbocycles. The monoisotopic (exact) mass is 458 g/mol. The first-order chi connectivity index (χ1) is 15.1. The van der Waals surface area contributed by atoms with Gasteiger partial charge in [0, 0.05) is 24.5 Å². The number of aliphatic hydroxyl groups is 1. The maximum Gasteiger partial charge on any atom is 0.254 e. The van der Waals surface area contributed by atoms with Crippen LogP contribution in [0.3, 0.4) is 0 Å². The van der Waals surface area contributed by atoms with Gasteiger partial charge in [-0.3, -0.25) is 4.79 Å². The van der Waals surface area contributed by atoms with Crippen molar-refractivity contribution in [3.8, 4) is 11.4 Å². The van der Waals surface area contributed by atoms with E-state index in [2.05, 4.69) is 20.0 Å². The Balaban J connectivity index is 1.67. The van der Waals surface area contributed by atoms with Crippen molar-refractivity contribution in [1.29, 1.82) is 0 Å². The van der Waals surface area contributed by atoms with Gasteiger partial charge in [-0.2, -0.15) is 0 Å². The van der Waals surface area contributed by atoms with E-state index in [1.807, 2.05) is 0 Å². The van der Waals surface area contributed by atoms with E-state index in [0.29, 0.717) is 11.1 Å². The van der Waals surface area contributed by atoms with E-state index < -0.39 is 27.3 Å². The van der Waals surface area contributed by atoms with E-state index in [9.17, 15) is 22.7 Å². The molecule has 0 spiro atoms. The van der Waals surface area contributed by atoms with Gasteiger partial charge in [0.05, 0.1) is 22.6 Å². The van der Waals surface area contributed by atoms with E-state index in [1.165, 1.54) is 36.7 Å². The molecule has 8 nitrogen and oxygen atoms in total. The number of carbonyl (C=O) groups excluding carboxylic acids is 1. The SMILES string of the molecule is CC(C)(CO)NS(=O)(=O)c1cccc(CNC(=O)c2cnc(-c3cccc(F)c3)nc2)c1. The molecule has 3 rings (SSSR count). The molecular weight excluding hydrogens is 435 g/mol. The fourth-order valence-electron chi connectivity index (χ4n) is 2.78. The van der Waals surface area contributed by atoms with Crippen molar-refractivity contribution in [2.75, 3.05) is 6.61 Å². The number of benzene rings is 2. The van der Waals surface area contributed by atoms with Crippen LogP contribution in [0.25, 0.3) is 11.4 Å². The fraction of sp³-hybridized carbons (Fsp3) is 0.227. The summed E-state index contributed by atoms with van der Waals surface area (Å²) < 4.78 is 40.9. The molecule has 0 saturated heterocycles. The first-order valence-electron chi connectivity index (χ1n) is 9.70. The molecule has 0 atom stereocenters. The van der Waals surface area contributed by atoms with E-state index >= 15 is 0 Å². The summed E-state index contributed by atoms with van der Waals surface area (Å²) >= 11 is 0. The van der Waals surface area contributed by atoms with Gasteiger partial charge in [-0.15, -0.1) is 0 Å². The van der Waals surface area contributed by atoms with Crippen molar-refractivity contribution in [2.24, 2.45) is 0 Å². The Hall–Kier alpha value is -3.21. The highest BCUT2D eigenvalue weighted by Crippen LogP contribution is 2.16. The second-order valence-electron chi connectivity index (χ2n) is 7.78. The Bertz CT molecular complexity index is 1210. The maximum atomic E-state index is 13.4. The molecule has 0 aliphatic heterocycles. The summed E-state index contributed by atoms with van der Waals surface area (Å²) in [5, 5.41) is 12.0. The van der Waals surface area contributed by atoms with Gasteiger partial charge >= 0.3 is 0 Å². The van der Waals surface area contributed by atoms with Crippen molar-refractivity contribution in [2.45, 2.75) is 30.8 Å². The molecule has 1 amide bonds. The third kappa shape index (κ3) is 5.94. The Kier molecular flexibility index (Phi) is 6.97. The molecule has 0 radical (unpaired) electrons. The molecule has 32 heavy (non-hydrogen) atoms. The third-order valence-corrected chi connectivity index (χ3v) is 6.16. The molecule has 3 N–H and O–H groups in total. The predicted octanol–water partition coefficient (Wildman–Crippen LogP) is 2.26. The number of nitrogens with one attached hydrogen (secondary N) is 2. The van der Waals surface area contributed by atoms with Crippen LogP contribution >= 0.6 is 0 Å². The number of hydrogen-bond donors (Lipinski definition) is 3.